The lowest BCUT2D eigenvalue weighted by atomic mass is 10.1. The Balaban J connectivity index is 2.38. The summed E-state index contributed by atoms with van der Waals surface area (Å²) in [5, 5.41) is 0. The van der Waals surface area contributed by atoms with Gasteiger partial charge in [0.25, 0.3) is 0 Å². The zero-order chi connectivity index (χ0) is 16.8. The highest BCUT2D eigenvalue weighted by molar-refractivity contribution is 6.10. The van der Waals surface area contributed by atoms with Gasteiger partial charge in [0, 0.05) is 12.1 Å². The van der Waals surface area contributed by atoms with Gasteiger partial charge in [0.2, 0.25) is 0 Å². The minimum Gasteiger partial charge on any atom is -0.496 e. The summed E-state index contributed by atoms with van der Waals surface area (Å²) in [6.45, 7) is 0. The molecule has 2 aromatic rings. The monoisotopic (exact) mass is 316 g/mol. The molecule has 0 N–H and O–H groups in total. The van der Waals surface area contributed by atoms with E-state index in [0.717, 1.165) is 0 Å². The van der Waals surface area contributed by atoms with Crippen LogP contribution in [0.1, 0.15) is 15.9 Å². The van der Waals surface area contributed by atoms with Crippen molar-refractivity contribution >= 4 is 11.9 Å². The third-order valence-electron chi connectivity index (χ3n) is 3.24. The van der Waals surface area contributed by atoms with Gasteiger partial charge in [0.05, 0.1) is 21.3 Å². The fourth-order valence-electron chi connectivity index (χ4n) is 2.11. The number of benzene rings is 2. The molecule has 23 heavy (non-hydrogen) atoms. The van der Waals surface area contributed by atoms with Gasteiger partial charge in [0.15, 0.2) is 5.78 Å². The summed E-state index contributed by atoms with van der Waals surface area (Å²) < 4.78 is 28.8. The van der Waals surface area contributed by atoms with E-state index in [1.807, 2.05) is 0 Å². The van der Waals surface area contributed by atoms with Crippen LogP contribution < -0.4 is 14.2 Å². The fourth-order valence-corrected chi connectivity index (χ4v) is 2.11. The Kier molecular flexibility index (Phi) is 5.36. The van der Waals surface area contributed by atoms with Crippen LogP contribution >= 0.6 is 0 Å². The Hall–Kier alpha value is -2.82. The predicted molar refractivity (Wildman–Crippen MR) is 85.9 cm³/mol. The average molecular weight is 316 g/mol. The second kappa shape index (κ2) is 7.45. The van der Waals surface area contributed by atoms with Crippen molar-refractivity contribution in [1.29, 1.82) is 0 Å². The van der Waals surface area contributed by atoms with Gasteiger partial charge < -0.3 is 14.2 Å². The smallest absolute Gasteiger partial charge is 0.193 e. The number of carbonyl (C=O) groups is 1. The molecular weight excluding hydrogens is 299 g/mol. The topological polar surface area (TPSA) is 44.8 Å². The molecule has 0 aliphatic heterocycles. The molecule has 0 aliphatic rings. The molecule has 0 atom stereocenters. The number of halogens is 1. The molecule has 0 saturated heterocycles. The Morgan fingerprint density at radius 3 is 2.17 bits per heavy atom. The minimum atomic E-state index is -0.362. The third-order valence-corrected chi connectivity index (χ3v) is 3.24. The van der Waals surface area contributed by atoms with Crippen molar-refractivity contribution in [3.63, 3.8) is 0 Å². The van der Waals surface area contributed by atoms with Crippen LogP contribution in [0, 0.1) is 5.82 Å². The van der Waals surface area contributed by atoms with Crippen molar-refractivity contribution in [3.8, 4) is 17.2 Å². The summed E-state index contributed by atoms with van der Waals surface area (Å²) in [5.41, 5.74) is 0.869. The first-order valence-corrected chi connectivity index (χ1v) is 6.87. The zero-order valence-corrected chi connectivity index (χ0v) is 13.1. The number of ether oxygens (including phenoxy) is 3. The maximum absolute atomic E-state index is 13.2. The summed E-state index contributed by atoms with van der Waals surface area (Å²) in [6.07, 6.45) is 2.89. The van der Waals surface area contributed by atoms with Crippen LogP contribution in [0.2, 0.25) is 0 Å². The molecule has 0 radical (unpaired) electrons. The van der Waals surface area contributed by atoms with E-state index in [0.29, 0.717) is 22.8 Å². The summed E-state index contributed by atoms with van der Waals surface area (Å²) in [7, 11) is 4.43. The molecule has 0 saturated carbocycles. The lowest BCUT2D eigenvalue weighted by Gasteiger charge is -2.13. The van der Waals surface area contributed by atoms with Crippen LogP contribution in [-0.2, 0) is 0 Å². The van der Waals surface area contributed by atoms with Crippen LogP contribution in [0.4, 0.5) is 4.39 Å². The van der Waals surface area contributed by atoms with Crippen molar-refractivity contribution in [3.05, 3.63) is 59.4 Å². The number of rotatable bonds is 6. The Morgan fingerprint density at radius 2 is 1.65 bits per heavy atom. The van der Waals surface area contributed by atoms with Gasteiger partial charge in [-0.3, -0.25) is 4.79 Å². The van der Waals surface area contributed by atoms with E-state index < -0.39 is 0 Å². The van der Waals surface area contributed by atoms with Crippen LogP contribution in [0.5, 0.6) is 17.2 Å². The molecule has 0 fully saturated rings. The van der Waals surface area contributed by atoms with Gasteiger partial charge in [-0.05, 0) is 23.8 Å². The minimum absolute atomic E-state index is 0.281. The Bertz CT molecular complexity index is 713. The average Bonchev–Trinajstić information content (AvgIpc) is 2.58. The van der Waals surface area contributed by atoms with Gasteiger partial charge in [-0.15, -0.1) is 0 Å². The maximum atomic E-state index is 13.2. The summed E-state index contributed by atoms with van der Waals surface area (Å²) in [5.74, 6) is 0.527. The normalized spacial score (nSPS) is 10.6. The number of allylic oxidation sites excluding steroid dienone is 1. The molecule has 2 aromatic carbocycles. The standard InChI is InChI=1S/C18H17FO4/c1-21-14-10-16(22-2)18(17(11-14)23-3)15(20)8-7-12-5-4-6-13(19)9-12/h4-11H,1-3H3/b8-7+. The lowest BCUT2D eigenvalue weighted by Crippen LogP contribution is -2.03. The first kappa shape index (κ1) is 16.5. The first-order valence-electron chi connectivity index (χ1n) is 6.87. The molecule has 0 spiro atoms. The van der Waals surface area contributed by atoms with Crippen LogP contribution in [-0.4, -0.2) is 27.1 Å². The van der Waals surface area contributed by atoms with Gasteiger partial charge in [0.1, 0.15) is 28.6 Å². The van der Waals surface area contributed by atoms with Gasteiger partial charge in [-0.1, -0.05) is 18.2 Å². The van der Waals surface area contributed by atoms with E-state index >= 15 is 0 Å². The zero-order valence-electron chi connectivity index (χ0n) is 13.1. The van der Waals surface area contributed by atoms with E-state index in [4.69, 9.17) is 14.2 Å². The van der Waals surface area contributed by atoms with Gasteiger partial charge in [-0.2, -0.15) is 0 Å². The lowest BCUT2D eigenvalue weighted by molar-refractivity contribution is 0.104. The van der Waals surface area contributed by atoms with Crippen LogP contribution in [0.25, 0.3) is 6.08 Å². The molecule has 0 unspecified atom stereocenters. The Labute approximate surface area is 134 Å². The third kappa shape index (κ3) is 3.88. The number of carbonyl (C=O) groups excluding carboxylic acids is 1. The molecule has 5 heteroatoms. The van der Waals surface area contributed by atoms with Crippen LogP contribution in [0.3, 0.4) is 0 Å². The number of hydrogen-bond acceptors (Lipinski definition) is 4. The second-order valence-electron chi connectivity index (χ2n) is 4.66. The van der Waals surface area contributed by atoms with E-state index in [1.165, 1.54) is 45.6 Å². The predicted octanol–water partition coefficient (Wildman–Crippen LogP) is 3.75. The largest absolute Gasteiger partial charge is 0.496 e. The Morgan fingerprint density at radius 1 is 1.00 bits per heavy atom. The fraction of sp³-hybridized carbons (Fsp3) is 0.167. The highest BCUT2D eigenvalue weighted by atomic mass is 19.1. The quantitative estimate of drug-likeness (QED) is 0.601. The molecule has 0 bridgehead atoms. The number of ketones is 1. The van der Waals surface area contributed by atoms with Crippen molar-refractivity contribution in [1.82, 2.24) is 0 Å². The molecule has 0 aliphatic carbocycles. The molecule has 0 amide bonds. The molecule has 0 aromatic heterocycles. The second-order valence-corrected chi connectivity index (χ2v) is 4.66. The number of hydrogen-bond donors (Lipinski definition) is 0. The van der Waals surface area contributed by atoms with Crippen LogP contribution in [0.15, 0.2) is 42.5 Å². The van der Waals surface area contributed by atoms with E-state index in [1.54, 1.807) is 24.3 Å². The highest BCUT2D eigenvalue weighted by Crippen LogP contribution is 2.34. The molecule has 2 rings (SSSR count). The first-order chi connectivity index (χ1) is 11.1. The molecule has 0 heterocycles. The van der Waals surface area contributed by atoms with Crippen molar-refractivity contribution in [2.45, 2.75) is 0 Å². The van der Waals surface area contributed by atoms with Crippen molar-refractivity contribution in [2.24, 2.45) is 0 Å². The summed E-state index contributed by atoms with van der Waals surface area (Å²) in [6, 6.07) is 9.17. The van der Waals surface area contributed by atoms with Crippen molar-refractivity contribution < 1.29 is 23.4 Å². The highest BCUT2D eigenvalue weighted by Gasteiger charge is 2.18. The molecular formula is C18H17FO4. The van der Waals surface area contributed by atoms with Crippen molar-refractivity contribution in [2.75, 3.05) is 21.3 Å². The van der Waals surface area contributed by atoms with E-state index in [2.05, 4.69) is 0 Å². The van der Waals surface area contributed by atoms with Gasteiger partial charge in [-0.25, -0.2) is 4.39 Å². The molecule has 4 nitrogen and oxygen atoms in total. The SMILES string of the molecule is COc1cc(OC)c(C(=O)/C=C/c2cccc(F)c2)c(OC)c1. The van der Waals surface area contributed by atoms with E-state index in [-0.39, 0.29) is 17.2 Å². The maximum Gasteiger partial charge on any atom is 0.193 e. The summed E-state index contributed by atoms with van der Waals surface area (Å²) >= 11 is 0. The van der Waals surface area contributed by atoms with Gasteiger partial charge >= 0.3 is 0 Å². The van der Waals surface area contributed by atoms with E-state index in [9.17, 15) is 9.18 Å². The summed E-state index contributed by atoms with van der Waals surface area (Å²) in [4.78, 5) is 12.5. The number of methoxy groups -OCH3 is 3. The molecule has 120 valence electrons.